The first-order chi connectivity index (χ1) is 4.35. The molecule has 2 N–H and O–H groups in total. The molecule has 0 aliphatic carbocycles. The zero-order chi connectivity index (χ0) is 7.11. The van der Waals surface area contributed by atoms with Crippen molar-refractivity contribution in [3.8, 4) is 0 Å². The van der Waals surface area contributed by atoms with E-state index in [4.69, 9.17) is 5.73 Å². The minimum absolute atomic E-state index is 0.782. The summed E-state index contributed by atoms with van der Waals surface area (Å²) in [6, 6.07) is 0. The maximum absolute atomic E-state index is 5.52. The second-order valence-electron chi connectivity index (χ2n) is 2.65. The number of nitrogens with two attached hydrogens (primary N) is 1. The van der Waals surface area contributed by atoms with Gasteiger partial charge in [0.05, 0.1) is 0 Å². The number of unbranched alkanes of at least 4 members (excludes halogenated alkanes) is 1. The van der Waals surface area contributed by atoms with Crippen molar-refractivity contribution in [3.63, 3.8) is 0 Å². The largest absolute Gasteiger partial charge is 0.330 e. The van der Waals surface area contributed by atoms with E-state index in [1.54, 1.807) is 0 Å². The van der Waals surface area contributed by atoms with Crippen LogP contribution in [0.3, 0.4) is 0 Å². The number of hydrogen-bond donors (Lipinski definition) is 1. The highest BCUT2D eigenvalue weighted by Crippen LogP contribution is 2.09. The van der Waals surface area contributed by atoms with Gasteiger partial charge in [0.1, 0.15) is 0 Å². The van der Waals surface area contributed by atoms with E-state index in [1.165, 1.54) is 25.7 Å². The Morgan fingerprint density at radius 2 is 2.00 bits per heavy atom. The van der Waals surface area contributed by atoms with Crippen molar-refractivity contribution >= 4 is 0 Å². The Labute approximate surface area is 58.6 Å². The average Bonchev–Trinajstić information content (AvgIpc) is 1.91. The van der Waals surface area contributed by atoms with Crippen LogP contribution in [0.4, 0.5) is 0 Å². The van der Waals surface area contributed by atoms with E-state index < -0.39 is 0 Å². The summed E-state index contributed by atoms with van der Waals surface area (Å²) in [5, 5.41) is 0. The molecule has 0 unspecified atom stereocenters. The monoisotopic (exact) mass is 129 g/mol. The molecule has 0 radical (unpaired) electrons. The van der Waals surface area contributed by atoms with Gasteiger partial charge in [-0.05, 0) is 18.9 Å². The summed E-state index contributed by atoms with van der Waals surface area (Å²) in [6.07, 6.45) is 5.21. The van der Waals surface area contributed by atoms with E-state index in [9.17, 15) is 0 Å². The molecule has 0 rings (SSSR count). The molecule has 0 saturated carbocycles. The fourth-order valence-corrected chi connectivity index (χ4v) is 0.981. The number of rotatable bonds is 5. The summed E-state index contributed by atoms with van der Waals surface area (Å²) in [5.74, 6) is 0.782. The molecule has 0 aromatic heterocycles. The second kappa shape index (κ2) is 6.09. The van der Waals surface area contributed by atoms with Gasteiger partial charge in [-0.2, -0.15) is 0 Å². The van der Waals surface area contributed by atoms with Crippen molar-refractivity contribution < 1.29 is 0 Å². The lowest BCUT2D eigenvalue weighted by Crippen LogP contribution is -2.12. The van der Waals surface area contributed by atoms with Crippen LogP contribution in [-0.4, -0.2) is 6.54 Å². The Bertz CT molecular complexity index is 48.5. The summed E-state index contributed by atoms with van der Waals surface area (Å²) >= 11 is 0. The van der Waals surface area contributed by atoms with Gasteiger partial charge >= 0.3 is 0 Å². The van der Waals surface area contributed by atoms with E-state index in [0.29, 0.717) is 0 Å². The molecule has 0 aliphatic rings. The molecule has 1 heteroatoms. The molecular weight excluding hydrogens is 110 g/mol. The standard InChI is InChI=1S/C8H19N/c1-3-5-6-8(4-2)7-9/h8H,3-7,9H2,1-2H3/t8-/m1/s1. The van der Waals surface area contributed by atoms with Gasteiger partial charge in [-0.15, -0.1) is 0 Å². The Morgan fingerprint density at radius 3 is 2.33 bits per heavy atom. The molecule has 0 aromatic carbocycles. The third-order valence-corrected chi connectivity index (χ3v) is 1.88. The van der Waals surface area contributed by atoms with Crippen LogP contribution >= 0.6 is 0 Å². The van der Waals surface area contributed by atoms with Gasteiger partial charge in [0.15, 0.2) is 0 Å². The van der Waals surface area contributed by atoms with Crippen LogP contribution in [0.15, 0.2) is 0 Å². The summed E-state index contributed by atoms with van der Waals surface area (Å²) in [4.78, 5) is 0. The predicted octanol–water partition coefficient (Wildman–Crippen LogP) is 2.16. The molecule has 56 valence electrons. The smallest absolute Gasteiger partial charge is 0.00490 e. The SMILES string of the molecule is CCCC[C@@H](CC)CN. The lowest BCUT2D eigenvalue weighted by atomic mass is 10.00. The van der Waals surface area contributed by atoms with Gasteiger partial charge in [0.2, 0.25) is 0 Å². The molecule has 0 aliphatic heterocycles. The highest BCUT2D eigenvalue weighted by atomic mass is 14.5. The minimum Gasteiger partial charge on any atom is -0.330 e. The maximum atomic E-state index is 5.52. The maximum Gasteiger partial charge on any atom is -0.00490 e. The first kappa shape index (κ1) is 8.96. The summed E-state index contributed by atoms with van der Waals surface area (Å²) < 4.78 is 0. The third-order valence-electron chi connectivity index (χ3n) is 1.88. The van der Waals surface area contributed by atoms with Gasteiger partial charge in [-0.25, -0.2) is 0 Å². The van der Waals surface area contributed by atoms with Gasteiger partial charge < -0.3 is 5.73 Å². The van der Waals surface area contributed by atoms with E-state index in [0.717, 1.165) is 12.5 Å². The van der Waals surface area contributed by atoms with Crippen molar-refractivity contribution in [1.82, 2.24) is 0 Å². The van der Waals surface area contributed by atoms with Crippen molar-refractivity contribution in [2.24, 2.45) is 11.7 Å². The fraction of sp³-hybridized carbons (Fsp3) is 1.00. The molecule has 1 atom stereocenters. The van der Waals surface area contributed by atoms with Crippen LogP contribution in [0, 0.1) is 5.92 Å². The lowest BCUT2D eigenvalue weighted by molar-refractivity contribution is 0.461. The van der Waals surface area contributed by atoms with Crippen LogP contribution in [-0.2, 0) is 0 Å². The van der Waals surface area contributed by atoms with E-state index in [2.05, 4.69) is 13.8 Å². The summed E-state index contributed by atoms with van der Waals surface area (Å²) in [5.41, 5.74) is 5.52. The molecule has 1 nitrogen and oxygen atoms in total. The first-order valence-corrected chi connectivity index (χ1v) is 4.05. The molecule has 0 aromatic rings. The van der Waals surface area contributed by atoms with Crippen molar-refractivity contribution in [3.05, 3.63) is 0 Å². The Balaban J connectivity index is 3.09. The van der Waals surface area contributed by atoms with Crippen LogP contribution in [0.1, 0.15) is 39.5 Å². The lowest BCUT2D eigenvalue weighted by Gasteiger charge is -2.09. The zero-order valence-corrected chi connectivity index (χ0v) is 6.69. The summed E-state index contributed by atoms with van der Waals surface area (Å²) in [7, 11) is 0. The van der Waals surface area contributed by atoms with Gasteiger partial charge in [0, 0.05) is 0 Å². The highest BCUT2D eigenvalue weighted by molar-refractivity contribution is 4.56. The van der Waals surface area contributed by atoms with E-state index in [1.807, 2.05) is 0 Å². The van der Waals surface area contributed by atoms with Crippen LogP contribution in [0.5, 0.6) is 0 Å². The molecular formula is C8H19N. The Hall–Kier alpha value is -0.0400. The zero-order valence-electron chi connectivity index (χ0n) is 6.69. The van der Waals surface area contributed by atoms with Gasteiger partial charge in [-0.3, -0.25) is 0 Å². The van der Waals surface area contributed by atoms with E-state index in [-0.39, 0.29) is 0 Å². The molecule has 0 spiro atoms. The van der Waals surface area contributed by atoms with Crippen LogP contribution < -0.4 is 5.73 Å². The first-order valence-electron chi connectivity index (χ1n) is 4.05. The Kier molecular flexibility index (Phi) is 6.06. The Morgan fingerprint density at radius 1 is 1.33 bits per heavy atom. The average molecular weight is 129 g/mol. The normalized spacial score (nSPS) is 13.7. The highest BCUT2D eigenvalue weighted by Gasteiger charge is 2.00. The fourth-order valence-electron chi connectivity index (χ4n) is 0.981. The van der Waals surface area contributed by atoms with E-state index >= 15 is 0 Å². The van der Waals surface area contributed by atoms with Gasteiger partial charge in [-0.1, -0.05) is 33.1 Å². The third kappa shape index (κ3) is 4.46. The van der Waals surface area contributed by atoms with Crippen molar-refractivity contribution in [2.75, 3.05) is 6.54 Å². The van der Waals surface area contributed by atoms with Crippen LogP contribution in [0.2, 0.25) is 0 Å². The minimum atomic E-state index is 0.782. The van der Waals surface area contributed by atoms with Crippen LogP contribution in [0.25, 0.3) is 0 Å². The molecule has 0 amide bonds. The molecule has 0 fully saturated rings. The molecule has 0 saturated heterocycles. The van der Waals surface area contributed by atoms with Gasteiger partial charge in [0.25, 0.3) is 0 Å². The molecule has 0 bridgehead atoms. The van der Waals surface area contributed by atoms with Crippen molar-refractivity contribution in [1.29, 1.82) is 0 Å². The summed E-state index contributed by atoms with van der Waals surface area (Å²) in [6.45, 7) is 5.31. The molecule has 9 heavy (non-hydrogen) atoms. The van der Waals surface area contributed by atoms with Crippen molar-refractivity contribution in [2.45, 2.75) is 39.5 Å². The predicted molar refractivity (Wildman–Crippen MR) is 42.4 cm³/mol. The number of hydrogen-bond acceptors (Lipinski definition) is 1. The second-order valence-corrected chi connectivity index (χ2v) is 2.65. The quantitative estimate of drug-likeness (QED) is 0.605. The topological polar surface area (TPSA) is 26.0 Å². The molecule has 0 heterocycles.